The van der Waals surface area contributed by atoms with Gasteiger partial charge in [-0.05, 0) is 42.7 Å². The number of aromatic nitrogens is 3. The molecule has 0 aliphatic heterocycles. The maximum atomic E-state index is 12.8. The van der Waals surface area contributed by atoms with E-state index in [1.807, 2.05) is 19.1 Å². The van der Waals surface area contributed by atoms with Crippen LogP contribution in [-0.4, -0.2) is 21.1 Å². The van der Waals surface area contributed by atoms with Crippen LogP contribution in [0.25, 0.3) is 21.9 Å². The molecule has 0 spiro atoms. The van der Waals surface area contributed by atoms with Crippen LogP contribution in [0.4, 0.5) is 19.0 Å². The second kappa shape index (κ2) is 9.50. The monoisotopic (exact) mass is 472 g/mol. The van der Waals surface area contributed by atoms with E-state index in [9.17, 15) is 13.2 Å². The van der Waals surface area contributed by atoms with Crippen molar-refractivity contribution < 1.29 is 22.6 Å². The van der Waals surface area contributed by atoms with Gasteiger partial charge in [0, 0.05) is 24.6 Å². The molecule has 9 heteroatoms. The summed E-state index contributed by atoms with van der Waals surface area (Å²) in [4.78, 5) is 9.24. The first-order chi connectivity index (χ1) is 16.2. The molecule has 2 aromatic heterocycles. The molecule has 0 amide bonds. The van der Waals surface area contributed by atoms with Crippen molar-refractivity contribution in [2.45, 2.75) is 46.7 Å². The Labute approximate surface area is 195 Å². The van der Waals surface area contributed by atoms with Crippen molar-refractivity contribution in [3.05, 3.63) is 59.4 Å². The smallest absolute Gasteiger partial charge is 0.416 e. The molecule has 0 saturated heterocycles. The van der Waals surface area contributed by atoms with E-state index in [1.54, 1.807) is 6.07 Å². The van der Waals surface area contributed by atoms with Crippen LogP contribution in [0.15, 0.2) is 42.5 Å². The van der Waals surface area contributed by atoms with Gasteiger partial charge in [0.05, 0.1) is 16.6 Å². The number of ether oxygens (including phenoxy) is 2. The van der Waals surface area contributed by atoms with E-state index in [-0.39, 0.29) is 6.61 Å². The van der Waals surface area contributed by atoms with Crippen molar-refractivity contribution in [1.29, 1.82) is 0 Å². The number of pyridine rings is 1. The number of nitrogens with zero attached hydrogens (tertiary/aromatic N) is 3. The average molecular weight is 473 g/mol. The molecule has 34 heavy (non-hydrogen) atoms. The number of benzene rings is 2. The first-order valence-electron chi connectivity index (χ1n) is 11.1. The third-order valence-electron chi connectivity index (χ3n) is 5.42. The van der Waals surface area contributed by atoms with Gasteiger partial charge >= 0.3 is 6.18 Å². The lowest BCUT2D eigenvalue weighted by Gasteiger charge is -2.14. The predicted octanol–water partition coefficient (Wildman–Crippen LogP) is 5.96. The number of hydrogen-bond donors (Lipinski definition) is 1. The Kier molecular flexibility index (Phi) is 6.65. The number of fused-ring (bicyclic) bond motifs is 3. The molecule has 0 fully saturated rings. The van der Waals surface area contributed by atoms with Crippen LogP contribution < -0.4 is 10.5 Å². The van der Waals surface area contributed by atoms with Crippen molar-refractivity contribution >= 4 is 27.8 Å². The van der Waals surface area contributed by atoms with E-state index >= 15 is 0 Å². The largest absolute Gasteiger partial charge is 0.489 e. The minimum Gasteiger partial charge on any atom is -0.489 e. The second-order valence-electron chi connectivity index (χ2n) is 8.53. The number of nitrogen functional groups attached to an aromatic ring is 1. The molecule has 0 radical (unpaired) electrons. The van der Waals surface area contributed by atoms with Gasteiger partial charge in [-0.15, -0.1) is 0 Å². The van der Waals surface area contributed by atoms with Crippen molar-refractivity contribution in [1.82, 2.24) is 14.5 Å². The van der Waals surface area contributed by atoms with Gasteiger partial charge in [-0.25, -0.2) is 9.97 Å². The normalized spacial score (nSPS) is 12.2. The van der Waals surface area contributed by atoms with Crippen molar-refractivity contribution in [2.24, 2.45) is 5.92 Å². The van der Waals surface area contributed by atoms with Gasteiger partial charge in [0.25, 0.3) is 0 Å². The third-order valence-corrected chi connectivity index (χ3v) is 5.42. The summed E-state index contributed by atoms with van der Waals surface area (Å²) in [6.07, 6.45) is -4.36. The molecule has 6 nitrogen and oxygen atoms in total. The van der Waals surface area contributed by atoms with E-state index in [0.29, 0.717) is 47.3 Å². The molecule has 4 aromatic rings. The maximum absolute atomic E-state index is 12.8. The molecule has 0 aliphatic rings. The van der Waals surface area contributed by atoms with Crippen LogP contribution in [0, 0.1) is 5.92 Å². The molecule has 2 aromatic carbocycles. The Balaban J connectivity index is 1.66. The van der Waals surface area contributed by atoms with Gasteiger partial charge in [0.2, 0.25) is 0 Å². The Morgan fingerprint density at radius 2 is 1.76 bits per heavy atom. The van der Waals surface area contributed by atoms with Gasteiger partial charge in [-0.1, -0.05) is 26.0 Å². The van der Waals surface area contributed by atoms with Crippen LogP contribution in [0.5, 0.6) is 5.75 Å². The lowest BCUT2D eigenvalue weighted by Crippen LogP contribution is -2.10. The minimum atomic E-state index is -4.36. The van der Waals surface area contributed by atoms with Gasteiger partial charge in [0.1, 0.15) is 30.3 Å². The molecular weight excluding hydrogens is 445 g/mol. The van der Waals surface area contributed by atoms with Gasteiger partial charge in [-0.2, -0.15) is 13.2 Å². The van der Waals surface area contributed by atoms with Gasteiger partial charge in [0.15, 0.2) is 5.82 Å². The van der Waals surface area contributed by atoms with Crippen LogP contribution in [0.2, 0.25) is 0 Å². The summed E-state index contributed by atoms with van der Waals surface area (Å²) in [6.45, 7) is 8.06. The summed E-state index contributed by atoms with van der Waals surface area (Å²) in [5.74, 6) is 2.05. The van der Waals surface area contributed by atoms with Crippen molar-refractivity contribution in [2.75, 3.05) is 12.3 Å². The molecule has 0 atom stereocenters. The summed E-state index contributed by atoms with van der Waals surface area (Å²) < 4.78 is 51.9. The number of imidazole rings is 1. The second-order valence-corrected chi connectivity index (χ2v) is 8.53. The van der Waals surface area contributed by atoms with Crippen molar-refractivity contribution in [3.8, 4) is 5.75 Å². The molecule has 2 heterocycles. The molecule has 2 N–H and O–H groups in total. The topological polar surface area (TPSA) is 75.2 Å². The highest BCUT2D eigenvalue weighted by Gasteiger charge is 2.29. The standard InChI is InChI=1S/C25H27F3N4O2/c1-4-33-14-21-31-22-23(32(21)12-15(2)3)19-10-9-18(11-20(19)30-24(22)29)34-13-16-5-7-17(8-6-16)25(26,27)28/h5-11,15H,4,12-14H2,1-3H3,(H2,29,30). The molecule has 0 aliphatic carbocycles. The van der Waals surface area contributed by atoms with Crippen molar-refractivity contribution in [3.63, 3.8) is 0 Å². The molecule has 0 saturated carbocycles. The molecule has 0 unspecified atom stereocenters. The number of anilines is 1. The maximum Gasteiger partial charge on any atom is 0.416 e. The highest BCUT2D eigenvalue weighted by molar-refractivity contribution is 6.06. The fraction of sp³-hybridized carbons (Fsp3) is 0.360. The van der Waals surface area contributed by atoms with Gasteiger partial charge in [-0.3, -0.25) is 0 Å². The zero-order chi connectivity index (χ0) is 24.5. The number of hydrogen-bond acceptors (Lipinski definition) is 5. The Morgan fingerprint density at radius 3 is 2.41 bits per heavy atom. The van der Waals surface area contributed by atoms with Crippen LogP contribution in [-0.2, 0) is 30.7 Å². The lowest BCUT2D eigenvalue weighted by molar-refractivity contribution is -0.137. The van der Waals surface area contributed by atoms with E-state index in [1.165, 1.54) is 12.1 Å². The van der Waals surface area contributed by atoms with E-state index in [2.05, 4.69) is 23.4 Å². The predicted molar refractivity (Wildman–Crippen MR) is 125 cm³/mol. The number of halogens is 3. The highest BCUT2D eigenvalue weighted by Crippen LogP contribution is 2.32. The fourth-order valence-electron chi connectivity index (χ4n) is 3.85. The van der Waals surface area contributed by atoms with Crippen LogP contribution in [0.1, 0.15) is 37.7 Å². The van der Waals surface area contributed by atoms with Crippen LogP contribution >= 0.6 is 0 Å². The summed E-state index contributed by atoms with van der Waals surface area (Å²) in [7, 11) is 0. The zero-order valence-electron chi connectivity index (χ0n) is 19.3. The Bertz CT molecular complexity index is 1300. The summed E-state index contributed by atoms with van der Waals surface area (Å²) in [5.41, 5.74) is 8.41. The summed E-state index contributed by atoms with van der Waals surface area (Å²) in [6, 6.07) is 10.4. The number of nitrogens with two attached hydrogens (primary N) is 1. The summed E-state index contributed by atoms with van der Waals surface area (Å²) >= 11 is 0. The molecular formula is C25H27F3N4O2. The quantitative estimate of drug-likeness (QED) is 0.343. The van der Waals surface area contributed by atoms with E-state index in [4.69, 9.17) is 20.2 Å². The molecule has 4 rings (SSSR count). The fourth-order valence-corrected chi connectivity index (χ4v) is 3.85. The molecule has 180 valence electrons. The first kappa shape index (κ1) is 23.8. The summed E-state index contributed by atoms with van der Waals surface area (Å²) in [5, 5.41) is 0.891. The third kappa shape index (κ3) is 4.94. The Morgan fingerprint density at radius 1 is 1.03 bits per heavy atom. The van der Waals surface area contributed by atoms with Crippen LogP contribution in [0.3, 0.4) is 0 Å². The number of rotatable bonds is 8. The average Bonchev–Trinajstić information content (AvgIpc) is 3.14. The first-order valence-corrected chi connectivity index (χ1v) is 11.1. The van der Waals surface area contributed by atoms with E-state index < -0.39 is 11.7 Å². The number of alkyl halides is 3. The minimum absolute atomic E-state index is 0.130. The zero-order valence-corrected chi connectivity index (χ0v) is 19.3. The van der Waals surface area contributed by atoms with Gasteiger partial charge < -0.3 is 19.8 Å². The molecule has 0 bridgehead atoms. The SMILES string of the molecule is CCOCc1nc2c(N)nc3cc(OCc4ccc(C(F)(F)F)cc4)ccc3c2n1CC(C)C. The highest BCUT2D eigenvalue weighted by atomic mass is 19.4. The lowest BCUT2D eigenvalue weighted by atomic mass is 10.1. The van der Waals surface area contributed by atoms with E-state index in [0.717, 1.165) is 35.4 Å². The Hall–Kier alpha value is -3.33.